The van der Waals surface area contributed by atoms with Gasteiger partial charge in [0.25, 0.3) is 0 Å². The molecule has 0 radical (unpaired) electrons. The number of piperazine rings is 1. The minimum atomic E-state index is -3.68. The van der Waals surface area contributed by atoms with Crippen molar-refractivity contribution in [3.63, 3.8) is 0 Å². The van der Waals surface area contributed by atoms with Gasteiger partial charge in [-0.3, -0.25) is 14.0 Å². The fourth-order valence-electron chi connectivity index (χ4n) is 3.62. The van der Waals surface area contributed by atoms with Gasteiger partial charge < -0.3 is 4.98 Å². The molecule has 4 rings (SSSR count). The van der Waals surface area contributed by atoms with Crippen molar-refractivity contribution in [2.45, 2.75) is 10.9 Å². The van der Waals surface area contributed by atoms with Gasteiger partial charge in [-0.05, 0) is 25.2 Å². The van der Waals surface area contributed by atoms with E-state index in [0.717, 1.165) is 5.82 Å². The first kappa shape index (κ1) is 18.0. The van der Waals surface area contributed by atoms with Crippen LogP contribution in [0.15, 0.2) is 40.3 Å². The second-order valence-corrected chi connectivity index (χ2v) is 8.82. The molecule has 3 heterocycles. The lowest BCUT2D eigenvalue weighted by molar-refractivity contribution is 0.142. The predicted molar refractivity (Wildman–Crippen MR) is 101 cm³/mol. The Bertz CT molecular complexity index is 1150. The van der Waals surface area contributed by atoms with Gasteiger partial charge in [0.1, 0.15) is 5.82 Å². The summed E-state index contributed by atoms with van der Waals surface area (Å²) in [5, 5.41) is 0. The van der Waals surface area contributed by atoms with Crippen LogP contribution in [0.3, 0.4) is 0 Å². The van der Waals surface area contributed by atoms with Gasteiger partial charge in [0.15, 0.2) is 0 Å². The van der Waals surface area contributed by atoms with E-state index < -0.39 is 10.0 Å². The topological polar surface area (TPSA) is 96.2 Å². The van der Waals surface area contributed by atoms with E-state index in [0.29, 0.717) is 30.7 Å². The minimum Gasteiger partial charge on any atom is -0.347 e. The van der Waals surface area contributed by atoms with Crippen LogP contribution in [-0.2, 0) is 24.1 Å². The summed E-state index contributed by atoms with van der Waals surface area (Å²) >= 11 is 0. The van der Waals surface area contributed by atoms with Crippen LogP contribution in [0.2, 0.25) is 0 Å². The molecule has 0 unspecified atom stereocenters. The Morgan fingerprint density at radius 2 is 1.85 bits per heavy atom. The molecule has 1 fully saturated rings. The van der Waals surface area contributed by atoms with Crippen molar-refractivity contribution in [2.24, 2.45) is 14.1 Å². The summed E-state index contributed by atoms with van der Waals surface area (Å²) in [5.74, 6) is 0.748. The summed E-state index contributed by atoms with van der Waals surface area (Å²) in [6.07, 6.45) is 3.40. The quantitative estimate of drug-likeness (QED) is 0.693. The highest BCUT2D eigenvalue weighted by atomic mass is 32.2. The van der Waals surface area contributed by atoms with Crippen LogP contribution in [0.4, 0.5) is 0 Å². The number of H-pyrrole nitrogens is 1. The number of imidazole rings is 2. The molecular formula is C17H22N6O3S. The fourth-order valence-corrected chi connectivity index (χ4v) is 5.08. The number of hydrogen-bond acceptors (Lipinski definition) is 5. The zero-order valence-electron chi connectivity index (χ0n) is 15.5. The van der Waals surface area contributed by atoms with Crippen molar-refractivity contribution in [2.75, 3.05) is 26.7 Å². The van der Waals surface area contributed by atoms with E-state index in [1.54, 1.807) is 44.7 Å². The van der Waals surface area contributed by atoms with Gasteiger partial charge in [-0.2, -0.15) is 4.31 Å². The molecule has 3 aromatic rings. The molecule has 9 nitrogen and oxygen atoms in total. The molecule has 0 spiro atoms. The Balaban J connectivity index is 1.72. The van der Waals surface area contributed by atoms with Crippen LogP contribution < -0.4 is 5.69 Å². The van der Waals surface area contributed by atoms with Gasteiger partial charge in [-0.1, -0.05) is 0 Å². The number of hydrogen-bond donors (Lipinski definition) is 1. The van der Waals surface area contributed by atoms with Crippen LogP contribution in [0.25, 0.3) is 11.0 Å². The first-order chi connectivity index (χ1) is 12.8. The number of nitrogens with one attached hydrogen (secondary N) is 1. The van der Waals surface area contributed by atoms with Crippen LogP contribution in [0, 0.1) is 0 Å². The number of nitrogens with zero attached hydrogens (tertiary/aromatic N) is 5. The van der Waals surface area contributed by atoms with E-state index >= 15 is 0 Å². The van der Waals surface area contributed by atoms with Crippen molar-refractivity contribution in [3.8, 4) is 0 Å². The number of rotatable bonds is 3. The van der Waals surface area contributed by atoms with Gasteiger partial charge >= 0.3 is 5.69 Å². The van der Waals surface area contributed by atoms with Crippen molar-refractivity contribution >= 4 is 21.1 Å². The number of aryl methyl sites for hydroxylation is 2. The first-order valence-electron chi connectivity index (χ1n) is 8.66. The van der Waals surface area contributed by atoms with E-state index in [1.807, 2.05) is 7.05 Å². The van der Waals surface area contributed by atoms with Crippen LogP contribution in [-0.4, -0.2) is 63.4 Å². The first-order valence-corrected chi connectivity index (χ1v) is 10.1. The second-order valence-electron chi connectivity index (χ2n) is 6.89. The van der Waals surface area contributed by atoms with Gasteiger partial charge in [-0.15, -0.1) is 0 Å². The molecule has 1 aliphatic rings. The zero-order valence-corrected chi connectivity index (χ0v) is 16.3. The van der Waals surface area contributed by atoms with Gasteiger partial charge in [0.2, 0.25) is 10.0 Å². The maximum absolute atomic E-state index is 13.2. The summed E-state index contributed by atoms with van der Waals surface area (Å²) < 4.78 is 30.9. The van der Waals surface area contributed by atoms with E-state index in [-0.39, 0.29) is 16.6 Å². The summed E-state index contributed by atoms with van der Waals surface area (Å²) in [4.78, 5) is 21.8. The Morgan fingerprint density at radius 3 is 2.56 bits per heavy atom. The van der Waals surface area contributed by atoms with E-state index in [4.69, 9.17) is 0 Å². The number of aromatic nitrogens is 4. The van der Waals surface area contributed by atoms with Crippen molar-refractivity contribution in [1.29, 1.82) is 0 Å². The molecule has 1 saturated heterocycles. The molecule has 144 valence electrons. The highest BCUT2D eigenvalue weighted by molar-refractivity contribution is 7.89. The number of sulfonamides is 1. The summed E-state index contributed by atoms with van der Waals surface area (Å²) in [6, 6.07) is 4.70. The Kier molecular flexibility index (Phi) is 4.21. The number of fused-ring (bicyclic) bond motifs is 1. The van der Waals surface area contributed by atoms with Gasteiger partial charge in [0.05, 0.1) is 22.0 Å². The molecular weight excluding hydrogens is 368 g/mol. The highest BCUT2D eigenvalue weighted by Gasteiger charge is 2.34. The average Bonchev–Trinajstić information content (AvgIpc) is 3.26. The molecule has 27 heavy (non-hydrogen) atoms. The molecule has 0 bridgehead atoms. The SMILES string of the molecule is CN1CCN(S(=O)(=O)c2ccc3c(c2)n(C)c(=O)n3C)C[C@@H]1c1ncc[nH]1. The smallest absolute Gasteiger partial charge is 0.328 e. The molecule has 1 aromatic carbocycles. The van der Waals surface area contributed by atoms with E-state index in [2.05, 4.69) is 14.9 Å². The van der Waals surface area contributed by atoms with Crippen LogP contribution in [0.1, 0.15) is 11.9 Å². The standard InChI is InChI=1S/C17H22N6O3S/c1-20-8-9-23(11-15(20)16-18-6-7-19-16)27(25,26)12-4-5-13-14(10-12)22(3)17(24)21(13)2/h4-7,10,15H,8-9,11H2,1-3H3,(H,18,19)/t15-/m1/s1. The maximum Gasteiger partial charge on any atom is 0.328 e. The molecule has 1 atom stereocenters. The molecule has 10 heteroatoms. The normalized spacial score (nSPS) is 19.7. The van der Waals surface area contributed by atoms with Crippen molar-refractivity contribution in [1.82, 2.24) is 28.3 Å². The zero-order chi connectivity index (χ0) is 19.3. The van der Waals surface area contributed by atoms with Crippen LogP contribution >= 0.6 is 0 Å². The Morgan fingerprint density at radius 1 is 1.11 bits per heavy atom. The minimum absolute atomic E-state index is 0.131. The van der Waals surface area contributed by atoms with Crippen molar-refractivity contribution < 1.29 is 8.42 Å². The third-order valence-corrected chi connectivity index (χ3v) is 7.19. The largest absolute Gasteiger partial charge is 0.347 e. The van der Waals surface area contributed by atoms with Crippen LogP contribution in [0.5, 0.6) is 0 Å². The lowest BCUT2D eigenvalue weighted by atomic mass is 10.2. The Hall–Kier alpha value is -2.43. The van der Waals surface area contributed by atoms with Gasteiger partial charge in [-0.25, -0.2) is 18.2 Å². The van der Waals surface area contributed by atoms with Gasteiger partial charge in [0, 0.05) is 46.1 Å². The number of aromatic amines is 1. The summed E-state index contributed by atoms with van der Waals surface area (Å²) in [5.41, 5.74) is 1.12. The number of benzene rings is 1. The average molecular weight is 390 g/mol. The molecule has 0 aliphatic carbocycles. The molecule has 0 amide bonds. The van der Waals surface area contributed by atoms with Crippen molar-refractivity contribution in [3.05, 3.63) is 46.9 Å². The third kappa shape index (κ3) is 2.80. The maximum atomic E-state index is 13.2. The lowest BCUT2D eigenvalue weighted by Crippen LogP contribution is -2.49. The molecule has 1 aliphatic heterocycles. The molecule has 1 N–H and O–H groups in total. The number of likely N-dealkylation sites (N-methyl/N-ethyl adjacent to an activating group) is 1. The summed E-state index contributed by atoms with van der Waals surface area (Å²) in [6.45, 7) is 1.33. The highest BCUT2D eigenvalue weighted by Crippen LogP contribution is 2.27. The summed E-state index contributed by atoms with van der Waals surface area (Å²) in [7, 11) is 1.60. The lowest BCUT2D eigenvalue weighted by Gasteiger charge is -2.37. The Labute approximate surface area is 156 Å². The molecule has 2 aromatic heterocycles. The fraction of sp³-hybridized carbons (Fsp3) is 0.412. The second kappa shape index (κ2) is 6.32. The monoisotopic (exact) mass is 390 g/mol. The molecule has 0 saturated carbocycles. The van der Waals surface area contributed by atoms with E-state index in [9.17, 15) is 13.2 Å². The predicted octanol–water partition coefficient (Wildman–Crippen LogP) is 0.278. The van der Waals surface area contributed by atoms with E-state index in [1.165, 1.54) is 13.4 Å². The third-order valence-electron chi connectivity index (χ3n) is 5.33.